The summed E-state index contributed by atoms with van der Waals surface area (Å²) in [6.45, 7) is 6.86. The Bertz CT molecular complexity index is 1700. The van der Waals surface area contributed by atoms with Crippen molar-refractivity contribution >= 4 is 19.1 Å². The van der Waals surface area contributed by atoms with Crippen molar-refractivity contribution in [1.82, 2.24) is 0 Å². The summed E-state index contributed by atoms with van der Waals surface area (Å²) in [7, 11) is 0. The van der Waals surface area contributed by atoms with E-state index in [2.05, 4.69) is 149 Å². The first-order valence-electron chi connectivity index (χ1n) is 14.1. The van der Waals surface area contributed by atoms with E-state index in [1.807, 2.05) is 0 Å². The first-order chi connectivity index (χ1) is 17.7. The van der Waals surface area contributed by atoms with E-state index in [9.17, 15) is 0 Å². The van der Waals surface area contributed by atoms with Crippen LogP contribution in [0, 0.1) is 13.8 Å². The van der Waals surface area contributed by atoms with Crippen molar-refractivity contribution in [1.29, 1.82) is 0 Å². The van der Waals surface area contributed by atoms with Crippen molar-refractivity contribution in [3.63, 3.8) is 0 Å². The summed E-state index contributed by atoms with van der Waals surface area (Å²) in [5, 5.41) is 0. The number of hydrogen-bond acceptors (Lipinski definition) is 0. The fourth-order valence-electron chi connectivity index (χ4n) is 7.75. The van der Waals surface area contributed by atoms with Gasteiger partial charge in [0.25, 0.3) is 0 Å². The summed E-state index contributed by atoms with van der Waals surface area (Å²) < 4.78 is 11.7. The van der Waals surface area contributed by atoms with Gasteiger partial charge in [-0.3, -0.25) is 0 Å². The fourth-order valence-corrected chi connectivity index (χ4v) is 36.6. The Morgan fingerprint density at radius 3 is 1.26 bits per heavy atom. The molecule has 6 rings (SSSR count). The summed E-state index contributed by atoms with van der Waals surface area (Å²) in [6, 6.07) is 31.6. The number of fused-ring (bicyclic) bond motifs is 2. The molecule has 0 aromatic heterocycles. The quantitative estimate of drug-likeness (QED) is 0.189. The van der Waals surface area contributed by atoms with Gasteiger partial charge < -0.3 is 0 Å². The SMILES string of the molecule is Cc1ccccc1-c1cccc2c1C=C[CH]2[Hf]([CH3])([CH3])([CH3])([CH3])(=[SiH2])[CH]1C=Cc2c(-c3ccccc3C)cccc21. The van der Waals surface area contributed by atoms with Crippen LogP contribution >= 0.6 is 0 Å². The van der Waals surface area contributed by atoms with E-state index in [1.54, 1.807) is 0 Å². The zero-order valence-electron chi connectivity index (χ0n) is 23.8. The van der Waals surface area contributed by atoms with E-state index in [-0.39, 0.29) is 0 Å². The van der Waals surface area contributed by atoms with Crippen molar-refractivity contribution in [2.75, 3.05) is 0 Å². The molecular formula is C36H40HfSi. The zero-order valence-corrected chi connectivity index (χ0v) is 28.8. The van der Waals surface area contributed by atoms with Gasteiger partial charge in [-0.05, 0) is 0 Å². The Morgan fingerprint density at radius 2 is 0.868 bits per heavy atom. The molecule has 2 aliphatic rings. The average molecular weight is 679 g/mol. The van der Waals surface area contributed by atoms with Crippen LogP contribution in [0.1, 0.15) is 40.7 Å². The fraction of sp³-hybridized carbons (Fsp3) is 0.222. The molecule has 2 atom stereocenters. The second kappa shape index (κ2) is 7.34. The molecule has 0 heterocycles. The molecule has 0 saturated carbocycles. The molecule has 2 unspecified atom stereocenters. The molecule has 0 N–H and O–H groups in total. The first kappa shape index (κ1) is 25.7. The third-order valence-corrected chi connectivity index (χ3v) is 44.5. The minimum absolute atomic E-state index is 0.416. The maximum atomic E-state index is 2.72. The van der Waals surface area contributed by atoms with E-state index < -0.39 is 14.2 Å². The molecule has 4 aromatic rings. The first-order valence-corrected chi connectivity index (χ1v) is 40.9. The van der Waals surface area contributed by atoms with Crippen LogP contribution in [0.25, 0.3) is 34.4 Å². The monoisotopic (exact) mass is 680 g/mol. The molecule has 0 nitrogen and oxygen atoms in total. The zero-order chi connectivity index (χ0) is 27.0. The Kier molecular flexibility index (Phi) is 4.97. The van der Waals surface area contributed by atoms with Gasteiger partial charge in [-0.2, -0.15) is 0 Å². The minimum atomic E-state index is -4.71. The molecular weight excluding hydrogens is 639 g/mol. The van der Waals surface area contributed by atoms with Gasteiger partial charge >= 0.3 is 226 Å². The summed E-state index contributed by atoms with van der Waals surface area (Å²) >= 11 is -4.71. The van der Waals surface area contributed by atoms with Gasteiger partial charge in [0, 0.05) is 0 Å². The second-order valence-corrected chi connectivity index (χ2v) is 103. The molecule has 192 valence electrons. The van der Waals surface area contributed by atoms with Gasteiger partial charge in [-0.15, -0.1) is 0 Å². The molecule has 0 amide bonds. The molecule has 0 radical (unpaired) electrons. The van der Waals surface area contributed by atoms with E-state index in [0.717, 1.165) is 0 Å². The summed E-state index contributed by atoms with van der Waals surface area (Å²) in [4.78, 5) is 0. The van der Waals surface area contributed by atoms with Crippen molar-refractivity contribution in [3.8, 4) is 22.3 Å². The average Bonchev–Trinajstić information content (AvgIpc) is 3.51. The van der Waals surface area contributed by atoms with Crippen LogP contribution in [0.2, 0.25) is 18.7 Å². The summed E-state index contributed by atoms with van der Waals surface area (Å²) in [5.74, 6) is 0. The van der Waals surface area contributed by atoms with Crippen LogP contribution in [-0.4, -0.2) is 6.94 Å². The Hall–Kier alpha value is -2.55. The van der Waals surface area contributed by atoms with E-state index in [4.69, 9.17) is 0 Å². The van der Waals surface area contributed by atoms with E-state index in [1.165, 1.54) is 55.6 Å². The van der Waals surface area contributed by atoms with Crippen molar-refractivity contribution in [2.45, 2.75) is 39.9 Å². The molecule has 2 heteroatoms. The standard InChI is InChI=1S/2C16H13.4CH3.Hf.H2Si/c2*1-12-6-2-3-9-14(12)16-11-5-8-13-7-4-10-15(13)16;;;;;;/h2*2-11H,1H3;4*1H3;;1H2. The molecule has 38 heavy (non-hydrogen) atoms. The number of aryl methyl sites for hydroxylation is 2. The normalized spacial score (nSPS) is 20.7. The molecule has 0 fully saturated rings. The Morgan fingerprint density at radius 1 is 0.500 bits per heavy atom. The van der Waals surface area contributed by atoms with Gasteiger partial charge in [-0.25, -0.2) is 0 Å². The van der Waals surface area contributed by atoms with Gasteiger partial charge in [0.2, 0.25) is 0 Å². The van der Waals surface area contributed by atoms with E-state index >= 15 is 0 Å². The molecule has 0 saturated heterocycles. The predicted octanol–water partition coefficient (Wildman–Crippen LogP) is 9.97. The topological polar surface area (TPSA) is 0 Å². The van der Waals surface area contributed by atoms with Crippen LogP contribution in [-0.2, 0) is 14.2 Å². The molecule has 0 spiro atoms. The molecule has 2 aliphatic carbocycles. The van der Waals surface area contributed by atoms with Crippen LogP contribution < -0.4 is 0 Å². The number of rotatable bonds is 4. The number of allylic oxidation sites excluding steroid dienone is 2. The van der Waals surface area contributed by atoms with Crippen LogP contribution in [0.15, 0.2) is 97.1 Å². The summed E-state index contributed by atoms with van der Waals surface area (Å²) in [5.41, 5.74) is 13.9. The predicted molar refractivity (Wildman–Crippen MR) is 169 cm³/mol. The van der Waals surface area contributed by atoms with Crippen LogP contribution in [0.3, 0.4) is 0 Å². The second-order valence-electron chi connectivity index (χ2n) is 16.2. The van der Waals surface area contributed by atoms with Crippen molar-refractivity contribution in [3.05, 3.63) is 130 Å². The Labute approximate surface area is 224 Å². The van der Waals surface area contributed by atoms with Crippen LogP contribution in [0.4, 0.5) is 0 Å². The molecule has 0 bridgehead atoms. The number of benzene rings is 4. The number of hydrogen-bond donors (Lipinski definition) is 0. The van der Waals surface area contributed by atoms with Crippen molar-refractivity contribution in [2.24, 2.45) is 0 Å². The van der Waals surface area contributed by atoms with E-state index in [0.29, 0.717) is 7.35 Å². The Balaban J connectivity index is 1.54. The summed E-state index contributed by atoms with van der Waals surface area (Å²) in [6.07, 6.45) is 10.0. The third-order valence-electron chi connectivity index (χ3n) is 10.0. The molecule has 0 aliphatic heterocycles. The van der Waals surface area contributed by atoms with Gasteiger partial charge in [0.05, 0.1) is 0 Å². The van der Waals surface area contributed by atoms with Crippen molar-refractivity contribution < 1.29 is 14.2 Å². The maximum absolute atomic E-state index is 4.71. The molecule has 4 aromatic carbocycles. The third kappa shape index (κ3) is 3.71. The van der Waals surface area contributed by atoms with Gasteiger partial charge in [-0.1, -0.05) is 0 Å². The van der Waals surface area contributed by atoms with Gasteiger partial charge in [0.15, 0.2) is 0 Å². The van der Waals surface area contributed by atoms with Crippen LogP contribution in [0.5, 0.6) is 0 Å². The van der Waals surface area contributed by atoms with Gasteiger partial charge in [0.1, 0.15) is 0 Å².